The highest BCUT2D eigenvalue weighted by Crippen LogP contribution is 2.25. The fraction of sp³-hybridized carbons (Fsp3) is 0.133. The summed E-state index contributed by atoms with van der Waals surface area (Å²) in [5, 5.41) is 14.7. The van der Waals surface area contributed by atoms with E-state index in [0.717, 1.165) is 5.56 Å². The van der Waals surface area contributed by atoms with E-state index < -0.39 is 4.92 Å². The Morgan fingerprint density at radius 3 is 2.71 bits per heavy atom. The van der Waals surface area contributed by atoms with Gasteiger partial charge in [-0.3, -0.25) is 14.9 Å². The van der Waals surface area contributed by atoms with Gasteiger partial charge in [-0.25, -0.2) is 0 Å². The number of carbonyl (C=O) groups is 1. The molecule has 0 spiro atoms. The number of anilines is 1. The van der Waals surface area contributed by atoms with Gasteiger partial charge in [-0.15, -0.1) is 0 Å². The number of nitro benzene ring substituents is 1. The van der Waals surface area contributed by atoms with Gasteiger partial charge in [0.15, 0.2) is 0 Å². The number of nitrogens with one attached hydrogen (secondary N) is 1. The summed E-state index contributed by atoms with van der Waals surface area (Å²) in [7, 11) is 0. The summed E-state index contributed by atoms with van der Waals surface area (Å²) < 4.78 is 0. The van der Waals surface area contributed by atoms with Gasteiger partial charge in [0.1, 0.15) is 12.0 Å². The maximum Gasteiger partial charge on any atom is 0.293 e. The molecule has 0 aromatic heterocycles. The van der Waals surface area contributed by atoms with Crippen molar-refractivity contribution in [3.8, 4) is 0 Å². The number of carbonyl (C=O) groups excluding carboxylic acids is 1. The van der Waals surface area contributed by atoms with Gasteiger partial charge in [-0.05, 0) is 36.2 Å². The quantitative estimate of drug-likeness (QED) is 0.501. The molecule has 0 fully saturated rings. The summed E-state index contributed by atoms with van der Waals surface area (Å²) in [6, 6.07) is 11.8. The highest BCUT2D eigenvalue weighted by atomic mass is 35.5. The zero-order chi connectivity index (χ0) is 15.2. The van der Waals surface area contributed by atoms with Crippen molar-refractivity contribution >= 4 is 29.3 Å². The minimum atomic E-state index is -0.505. The number of nitrogens with zero attached hydrogens (tertiary/aromatic N) is 1. The average Bonchev–Trinajstić information content (AvgIpc) is 2.47. The Morgan fingerprint density at radius 2 is 2.05 bits per heavy atom. The third-order valence-corrected chi connectivity index (χ3v) is 3.21. The van der Waals surface area contributed by atoms with Gasteiger partial charge < -0.3 is 5.32 Å². The molecule has 0 aliphatic heterocycles. The van der Waals surface area contributed by atoms with Crippen LogP contribution in [0.15, 0.2) is 42.5 Å². The van der Waals surface area contributed by atoms with Crippen molar-refractivity contribution < 1.29 is 9.72 Å². The average molecular weight is 305 g/mol. The second-order valence-electron chi connectivity index (χ2n) is 4.46. The Balaban J connectivity index is 2.06. The number of hydrogen-bond donors (Lipinski definition) is 1. The maximum absolute atomic E-state index is 11.0. The van der Waals surface area contributed by atoms with Crippen molar-refractivity contribution in [2.24, 2.45) is 0 Å². The maximum atomic E-state index is 11.0. The van der Waals surface area contributed by atoms with Gasteiger partial charge in [0.2, 0.25) is 0 Å². The van der Waals surface area contributed by atoms with Crippen LogP contribution in [0.2, 0.25) is 5.02 Å². The van der Waals surface area contributed by atoms with E-state index >= 15 is 0 Å². The molecule has 0 heterocycles. The van der Waals surface area contributed by atoms with Crippen LogP contribution in [-0.2, 0) is 6.42 Å². The minimum Gasteiger partial charge on any atom is -0.379 e. The molecule has 0 atom stereocenters. The molecule has 0 saturated heterocycles. The molecule has 108 valence electrons. The molecule has 2 aromatic rings. The Labute approximate surface area is 126 Å². The van der Waals surface area contributed by atoms with Gasteiger partial charge in [0.25, 0.3) is 5.69 Å². The Kier molecular flexibility index (Phi) is 4.90. The molecule has 5 nitrogen and oxygen atoms in total. The van der Waals surface area contributed by atoms with Crippen LogP contribution in [0.5, 0.6) is 0 Å². The molecule has 0 aliphatic carbocycles. The third kappa shape index (κ3) is 4.03. The topological polar surface area (TPSA) is 72.2 Å². The third-order valence-electron chi connectivity index (χ3n) is 2.97. The summed E-state index contributed by atoms with van der Waals surface area (Å²) in [4.78, 5) is 21.2. The monoisotopic (exact) mass is 304 g/mol. The van der Waals surface area contributed by atoms with Crippen molar-refractivity contribution in [2.45, 2.75) is 6.42 Å². The molecule has 0 bridgehead atoms. The number of benzene rings is 2. The second kappa shape index (κ2) is 6.85. The van der Waals surface area contributed by atoms with Gasteiger partial charge >= 0.3 is 0 Å². The van der Waals surface area contributed by atoms with Crippen molar-refractivity contribution in [3.05, 3.63) is 68.7 Å². The Hall–Kier alpha value is -2.40. The van der Waals surface area contributed by atoms with E-state index in [1.54, 1.807) is 18.2 Å². The first-order chi connectivity index (χ1) is 10.1. The van der Waals surface area contributed by atoms with E-state index in [4.69, 9.17) is 11.6 Å². The van der Waals surface area contributed by atoms with Crippen LogP contribution < -0.4 is 5.32 Å². The zero-order valence-corrected chi connectivity index (χ0v) is 11.8. The van der Waals surface area contributed by atoms with Crippen molar-refractivity contribution in [3.63, 3.8) is 0 Å². The number of halogens is 1. The van der Waals surface area contributed by atoms with Crippen molar-refractivity contribution in [2.75, 3.05) is 11.9 Å². The number of nitro groups is 1. The van der Waals surface area contributed by atoms with E-state index in [-0.39, 0.29) is 11.3 Å². The summed E-state index contributed by atoms with van der Waals surface area (Å²) in [5.74, 6) is 0. The summed E-state index contributed by atoms with van der Waals surface area (Å²) in [6.07, 6.45) is 1.27. The number of hydrogen-bond acceptors (Lipinski definition) is 4. The Bertz CT molecular complexity index is 674. The summed E-state index contributed by atoms with van der Waals surface area (Å²) >= 11 is 5.90. The lowest BCUT2D eigenvalue weighted by molar-refractivity contribution is -0.384. The molecule has 21 heavy (non-hydrogen) atoms. The number of rotatable bonds is 6. The molecule has 2 aromatic carbocycles. The highest BCUT2D eigenvalue weighted by molar-refractivity contribution is 6.30. The largest absolute Gasteiger partial charge is 0.379 e. The smallest absolute Gasteiger partial charge is 0.293 e. The lowest BCUT2D eigenvalue weighted by Crippen LogP contribution is -2.07. The van der Waals surface area contributed by atoms with E-state index in [9.17, 15) is 14.9 Å². The first kappa shape index (κ1) is 15.0. The van der Waals surface area contributed by atoms with E-state index in [0.29, 0.717) is 30.0 Å². The van der Waals surface area contributed by atoms with Crippen molar-refractivity contribution in [1.82, 2.24) is 0 Å². The minimum absolute atomic E-state index is 0.106. The van der Waals surface area contributed by atoms with Crippen molar-refractivity contribution in [1.29, 1.82) is 0 Å². The SMILES string of the molecule is O=Cc1ccc(NCCc2cccc(Cl)c2)c([N+](=O)[O-])c1. The Morgan fingerprint density at radius 1 is 1.24 bits per heavy atom. The number of aldehydes is 1. The molecule has 6 heteroatoms. The van der Waals surface area contributed by atoms with Gasteiger partial charge in [-0.2, -0.15) is 0 Å². The van der Waals surface area contributed by atoms with E-state index in [1.165, 1.54) is 6.07 Å². The van der Waals surface area contributed by atoms with Crippen LogP contribution in [0, 0.1) is 10.1 Å². The van der Waals surface area contributed by atoms with Gasteiger partial charge in [0, 0.05) is 23.2 Å². The summed E-state index contributed by atoms with van der Waals surface area (Å²) in [5.41, 5.74) is 1.61. The van der Waals surface area contributed by atoms with E-state index in [2.05, 4.69) is 5.32 Å². The fourth-order valence-electron chi connectivity index (χ4n) is 1.96. The first-order valence-corrected chi connectivity index (χ1v) is 6.70. The predicted molar refractivity (Wildman–Crippen MR) is 82.1 cm³/mol. The van der Waals surface area contributed by atoms with Crippen LogP contribution >= 0.6 is 11.6 Å². The van der Waals surface area contributed by atoms with E-state index in [1.807, 2.05) is 18.2 Å². The molecule has 0 aliphatic rings. The highest BCUT2D eigenvalue weighted by Gasteiger charge is 2.14. The van der Waals surface area contributed by atoms with Gasteiger partial charge in [0.05, 0.1) is 4.92 Å². The molecular weight excluding hydrogens is 292 g/mol. The first-order valence-electron chi connectivity index (χ1n) is 6.32. The molecule has 0 amide bonds. The van der Waals surface area contributed by atoms with Crippen LogP contribution in [0.3, 0.4) is 0 Å². The molecule has 2 rings (SSSR count). The summed E-state index contributed by atoms with van der Waals surface area (Å²) in [6.45, 7) is 0.529. The van der Waals surface area contributed by atoms with Crippen LogP contribution in [0.4, 0.5) is 11.4 Å². The zero-order valence-electron chi connectivity index (χ0n) is 11.1. The van der Waals surface area contributed by atoms with Crippen LogP contribution in [-0.4, -0.2) is 17.8 Å². The molecule has 0 radical (unpaired) electrons. The molecule has 1 N–H and O–H groups in total. The predicted octanol–water partition coefficient (Wildman–Crippen LogP) is 3.72. The lowest BCUT2D eigenvalue weighted by Gasteiger charge is -2.08. The van der Waals surface area contributed by atoms with Crippen LogP contribution in [0.25, 0.3) is 0 Å². The normalized spacial score (nSPS) is 10.1. The molecular formula is C15H13ClN2O3. The lowest BCUT2D eigenvalue weighted by atomic mass is 10.1. The molecule has 0 saturated carbocycles. The second-order valence-corrected chi connectivity index (χ2v) is 4.89. The van der Waals surface area contributed by atoms with Gasteiger partial charge in [-0.1, -0.05) is 23.7 Å². The van der Waals surface area contributed by atoms with Crippen LogP contribution in [0.1, 0.15) is 15.9 Å². The fourth-order valence-corrected chi connectivity index (χ4v) is 2.17. The standard InChI is InChI=1S/C15H13ClN2O3/c16-13-3-1-2-11(8-13)6-7-17-14-5-4-12(10-19)9-15(14)18(20)21/h1-5,8-10,17H,6-7H2. The molecule has 0 unspecified atom stereocenters.